The van der Waals surface area contributed by atoms with Gasteiger partial charge in [-0.3, -0.25) is 9.59 Å². The molecule has 12 heavy (non-hydrogen) atoms. The molecule has 3 fully saturated rings. The largest absolute Gasteiger partial charge is 0.392 e. The molecule has 2 saturated heterocycles. The van der Waals surface area contributed by atoms with Crippen LogP contribution in [0.15, 0.2) is 0 Å². The molecule has 2 aliphatic heterocycles. The molecule has 2 bridgehead atoms. The first-order valence-corrected chi connectivity index (χ1v) is 4.16. The second kappa shape index (κ2) is 1.73. The first kappa shape index (κ1) is 7.77. The molecular weight excluding hydrogens is 156 g/mol. The third-order valence-electron chi connectivity index (χ3n) is 3.83. The van der Waals surface area contributed by atoms with Crippen molar-refractivity contribution >= 4 is 11.9 Å². The molecule has 3 heteroatoms. The first-order valence-electron chi connectivity index (χ1n) is 4.16. The summed E-state index contributed by atoms with van der Waals surface area (Å²) in [6, 6.07) is 0. The summed E-state index contributed by atoms with van der Waals surface area (Å²) in [5.74, 6) is -0.756. The van der Waals surface area contributed by atoms with Crippen molar-refractivity contribution in [2.24, 2.45) is 16.7 Å². The summed E-state index contributed by atoms with van der Waals surface area (Å²) in [4.78, 5) is 22.5. The van der Waals surface area contributed by atoms with E-state index in [1.165, 1.54) is 0 Å². The van der Waals surface area contributed by atoms with Crippen LogP contribution in [0, 0.1) is 16.7 Å². The Bertz CT molecular complexity index is 279. The highest BCUT2D eigenvalue weighted by Crippen LogP contribution is 2.63. The van der Waals surface area contributed by atoms with Crippen molar-refractivity contribution in [2.75, 3.05) is 0 Å². The Hall–Kier alpha value is -0.860. The van der Waals surface area contributed by atoms with Crippen LogP contribution < -0.4 is 0 Å². The predicted molar refractivity (Wildman–Crippen MR) is 41.1 cm³/mol. The fourth-order valence-electron chi connectivity index (χ4n) is 2.18. The lowest BCUT2D eigenvalue weighted by molar-refractivity contribution is -0.222. The number of esters is 2. The molecule has 2 atom stereocenters. The molecular formula is C9H12O3. The molecule has 0 spiro atoms. The second-order valence-corrected chi connectivity index (χ2v) is 4.52. The number of carbonyl (C=O) groups is 2. The van der Waals surface area contributed by atoms with E-state index in [4.69, 9.17) is 0 Å². The highest BCUT2D eigenvalue weighted by molar-refractivity contribution is 5.97. The van der Waals surface area contributed by atoms with Crippen molar-refractivity contribution < 1.29 is 14.3 Å². The molecule has 3 rings (SSSR count). The van der Waals surface area contributed by atoms with E-state index in [9.17, 15) is 9.59 Å². The molecule has 0 aromatic heterocycles. The van der Waals surface area contributed by atoms with Crippen LogP contribution in [0.3, 0.4) is 0 Å². The van der Waals surface area contributed by atoms with Gasteiger partial charge in [-0.1, -0.05) is 13.8 Å². The Morgan fingerprint density at radius 3 is 2.33 bits per heavy atom. The molecule has 2 heterocycles. The molecule has 1 saturated carbocycles. The standard InChI is InChI=1S/C9H12O3/c1-8(2)5-4-9(8,3)7(11)12-6(5)10/h5H,4H2,1-3H3/t5-,9-/m1/s1. The molecule has 1 aliphatic carbocycles. The average Bonchev–Trinajstić information content (AvgIpc) is 1.96. The lowest BCUT2D eigenvalue weighted by atomic mass is 9.44. The van der Waals surface area contributed by atoms with Gasteiger partial charge in [-0.2, -0.15) is 0 Å². The molecule has 0 aromatic rings. The van der Waals surface area contributed by atoms with Gasteiger partial charge in [-0.25, -0.2) is 0 Å². The zero-order valence-electron chi connectivity index (χ0n) is 7.51. The summed E-state index contributed by atoms with van der Waals surface area (Å²) >= 11 is 0. The number of fused-ring (bicyclic) bond motifs is 2. The van der Waals surface area contributed by atoms with Crippen LogP contribution in [-0.4, -0.2) is 11.9 Å². The van der Waals surface area contributed by atoms with Gasteiger partial charge in [0.1, 0.15) is 0 Å². The Morgan fingerprint density at radius 2 is 1.92 bits per heavy atom. The Kier molecular flexibility index (Phi) is 1.12. The van der Waals surface area contributed by atoms with Gasteiger partial charge >= 0.3 is 11.9 Å². The smallest absolute Gasteiger partial charge is 0.320 e. The maximum atomic E-state index is 11.3. The molecule has 3 aliphatic rings. The van der Waals surface area contributed by atoms with Gasteiger partial charge in [-0.15, -0.1) is 0 Å². The van der Waals surface area contributed by atoms with E-state index in [1.54, 1.807) is 0 Å². The van der Waals surface area contributed by atoms with Crippen molar-refractivity contribution in [1.29, 1.82) is 0 Å². The second-order valence-electron chi connectivity index (χ2n) is 4.52. The highest BCUT2D eigenvalue weighted by atomic mass is 16.6. The zero-order valence-corrected chi connectivity index (χ0v) is 7.51. The van der Waals surface area contributed by atoms with E-state index in [1.807, 2.05) is 20.8 Å². The average molecular weight is 168 g/mol. The number of hydrogen-bond donors (Lipinski definition) is 0. The molecule has 66 valence electrons. The van der Waals surface area contributed by atoms with Crippen LogP contribution in [0.4, 0.5) is 0 Å². The lowest BCUT2D eigenvalue weighted by Gasteiger charge is -2.59. The van der Waals surface area contributed by atoms with Crippen molar-refractivity contribution in [3.8, 4) is 0 Å². The van der Waals surface area contributed by atoms with Crippen LogP contribution in [-0.2, 0) is 14.3 Å². The Morgan fingerprint density at radius 1 is 1.33 bits per heavy atom. The fourth-order valence-corrected chi connectivity index (χ4v) is 2.18. The van der Waals surface area contributed by atoms with E-state index in [2.05, 4.69) is 4.74 Å². The molecule has 0 amide bonds. The van der Waals surface area contributed by atoms with Crippen LogP contribution in [0.5, 0.6) is 0 Å². The van der Waals surface area contributed by atoms with E-state index in [-0.39, 0.29) is 23.3 Å². The minimum absolute atomic E-state index is 0.0693. The maximum absolute atomic E-state index is 11.3. The minimum Gasteiger partial charge on any atom is -0.392 e. The van der Waals surface area contributed by atoms with Gasteiger partial charge in [0.15, 0.2) is 0 Å². The van der Waals surface area contributed by atoms with Gasteiger partial charge in [0.25, 0.3) is 0 Å². The topological polar surface area (TPSA) is 43.4 Å². The highest BCUT2D eigenvalue weighted by Gasteiger charge is 2.69. The first-order chi connectivity index (χ1) is 5.39. The number of hydrogen-bond acceptors (Lipinski definition) is 3. The number of rotatable bonds is 0. The van der Waals surface area contributed by atoms with Gasteiger partial charge in [0, 0.05) is 0 Å². The van der Waals surface area contributed by atoms with Gasteiger partial charge in [0.2, 0.25) is 0 Å². The summed E-state index contributed by atoms with van der Waals surface area (Å²) in [7, 11) is 0. The van der Waals surface area contributed by atoms with E-state index in [0.717, 1.165) is 0 Å². The van der Waals surface area contributed by atoms with Crippen molar-refractivity contribution in [1.82, 2.24) is 0 Å². The van der Waals surface area contributed by atoms with Gasteiger partial charge in [-0.05, 0) is 18.8 Å². The summed E-state index contributed by atoms with van der Waals surface area (Å²) < 4.78 is 4.61. The van der Waals surface area contributed by atoms with Gasteiger partial charge < -0.3 is 4.74 Å². The molecule has 0 radical (unpaired) electrons. The quantitative estimate of drug-likeness (QED) is 0.402. The Balaban J connectivity index is 2.43. The van der Waals surface area contributed by atoms with Crippen LogP contribution in [0.1, 0.15) is 27.2 Å². The minimum atomic E-state index is -0.425. The van der Waals surface area contributed by atoms with Crippen molar-refractivity contribution in [2.45, 2.75) is 27.2 Å². The zero-order chi connectivity index (χ0) is 9.15. The molecule has 0 aromatic carbocycles. The Labute approximate surface area is 71.1 Å². The fraction of sp³-hybridized carbons (Fsp3) is 0.778. The number of ether oxygens (including phenoxy) is 1. The number of carbonyl (C=O) groups excluding carboxylic acids is 2. The molecule has 0 N–H and O–H groups in total. The lowest BCUT2D eigenvalue weighted by Crippen LogP contribution is -2.65. The van der Waals surface area contributed by atoms with E-state index < -0.39 is 5.41 Å². The SMILES string of the molecule is CC1(C)[C@@H]2C[C@]1(C)C(=O)OC2=O. The molecule has 3 nitrogen and oxygen atoms in total. The maximum Gasteiger partial charge on any atom is 0.320 e. The van der Waals surface area contributed by atoms with E-state index >= 15 is 0 Å². The van der Waals surface area contributed by atoms with E-state index in [0.29, 0.717) is 6.42 Å². The summed E-state index contributed by atoms with van der Waals surface area (Å²) in [5, 5.41) is 0. The third-order valence-corrected chi connectivity index (χ3v) is 3.83. The summed E-state index contributed by atoms with van der Waals surface area (Å²) in [5.41, 5.74) is -0.634. The summed E-state index contributed by atoms with van der Waals surface area (Å²) in [6.45, 7) is 5.79. The predicted octanol–water partition coefficient (Wildman–Crippen LogP) is 1.12. The van der Waals surface area contributed by atoms with Crippen LogP contribution in [0.25, 0.3) is 0 Å². The summed E-state index contributed by atoms with van der Waals surface area (Å²) in [6.07, 6.45) is 0.664. The monoisotopic (exact) mass is 168 g/mol. The van der Waals surface area contributed by atoms with Crippen molar-refractivity contribution in [3.05, 3.63) is 0 Å². The van der Waals surface area contributed by atoms with Crippen LogP contribution in [0.2, 0.25) is 0 Å². The van der Waals surface area contributed by atoms with Crippen LogP contribution >= 0.6 is 0 Å². The van der Waals surface area contributed by atoms with Gasteiger partial charge in [0.05, 0.1) is 11.3 Å². The third kappa shape index (κ3) is 0.551. The molecule has 0 unspecified atom stereocenters. The normalized spacial score (nSPS) is 43.4. The van der Waals surface area contributed by atoms with Crippen molar-refractivity contribution in [3.63, 3.8) is 0 Å².